The van der Waals surface area contributed by atoms with Gasteiger partial charge in [-0.3, -0.25) is 9.69 Å². The van der Waals surface area contributed by atoms with Crippen molar-refractivity contribution in [2.24, 2.45) is 5.92 Å². The highest BCUT2D eigenvalue weighted by Gasteiger charge is 2.31. The molecule has 0 radical (unpaired) electrons. The number of hydrogen-bond acceptors (Lipinski definition) is 4. The Labute approximate surface area is 132 Å². The predicted molar refractivity (Wildman–Crippen MR) is 87.2 cm³/mol. The van der Waals surface area contributed by atoms with Gasteiger partial charge in [-0.25, -0.2) is 0 Å². The molecule has 3 heterocycles. The highest BCUT2D eigenvalue weighted by molar-refractivity contribution is 7.10. The first kappa shape index (κ1) is 14.8. The van der Waals surface area contributed by atoms with Crippen LogP contribution in [0.4, 0.5) is 0 Å². The molecule has 3 nitrogen and oxygen atoms in total. The van der Waals surface area contributed by atoms with E-state index >= 15 is 0 Å². The van der Waals surface area contributed by atoms with Gasteiger partial charge in [-0.2, -0.15) is 11.3 Å². The molecule has 112 valence electrons. The van der Waals surface area contributed by atoms with Gasteiger partial charge in [-0.05, 0) is 65.7 Å². The van der Waals surface area contributed by atoms with E-state index in [0.29, 0.717) is 6.54 Å². The molecule has 5 heteroatoms. The van der Waals surface area contributed by atoms with Gasteiger partial charge in [-0.15, -0.1) is 11.3 Å². The van der Waals surface area contributed by atoms with Gasteiger partial charge in [0.25, 0.3) is 0 Å². The first-order valence-corrected chi connectivity index (χ1v) is 9.01. The average molecular weight is 321 g/mol. The summed E-state index contributed by atoms with van der Waals surface area (Å²) in [4.78, 5) is 15.0. The molecule has 0 bridgehead atoms. The minimum atomic E-state index is -0.661. The van der Waals surface area contributed by atoms with E-state index in [1.807, 2.05) is 0 Å². The molecule has 0 aromatic carbocycles. The zero-order valence-corrected chi connectivity index (χ0v) is 13.6. The van der Waals surface area contributed by atoms with E-state index in [9.17, 15) is 9.90 Å². The molecule has 2 aromatic rings. The lowest BCUT2D eigenvalue weighted by atomic mass is 9.95. The number of hydrogen-bond donors (Lipinski definition) is 1. The first-order chi connectivity index (χ1) is 10.1. The maximum absolute atomic E-state index is 11.3. The monoisotopic (exact) mass is 321 g/mol. The third-order valence-electron chi connectivity index (χ3n) is 4.05. The topological polar surface area (TPSA) is 40.5 Å². The van der Waals surface area contributed by atoms with Crippen LogP contribution < -0.4 is 0 Å². The fraction of sp³-hybridized carbons (Fsp3) is 0.438. The molecule has 1 saturated heterocycles. The summed E-state index contributed by atoms with van der Waals surface area (Å²) in [5.41, 5.74) is 2.56. The van der Waals surface area contributed by atoms with Crippen molar-refractivity contribution in [3.8, 4) is 0 Å². The molecule has 1 aliphatic heterocycles. The van der Waals surface area contributed by atoms with Crippen molar-refractivity contribution in [3.63, 3.8) is 0 Å². The van der Waals surface area contributed by atoms with E-state index in [1.165, 1.54) is 16.0 Å². The summed E-state index contributed by atoms with van der Waals surface area (Å²) in [6.45, 7) is 3.73. The maximum Gasteiger partial charge on any atom is 0.307 e. The van der Waals surface area contributed by atoms with Crippen molar-refractivity contribution in [3.05, 3.63) is 44.3 Å². The van der Waals surface area contributed by atoms with Crippen molar-refractivity contribution in [1.29, 1.82) is 0 Å². The minimum absolute atomic E-state index is 0.206. The van der Waals surface area contributed by atoms with E-state index in [0.717, 1.165) is 19.4 Å². The third kappa shape index (κ3) is 3.20. The van der Waals surface area contributed by atoms with E-state index in [-0.39, 0.29) is 12.0 Å². The van der Waals surface area contributed by atoms with Gasteiger partial charge in [0, 0.05) is 11.4 Å². The molecule has 2 atom stereocenters. The van der Waals surface area contributed by atoms with Gasteiger partial charge >= 0.3 is 5.97 Å². The number of aryl methyl sites for hydroxylation is 1. The van der Waals surface area contributed by atoms with Crippen molar-refractivity contribution in [1.82, 2.24) is 4.90 Å². The Morgan fingerprint density at radius 1 is 1.48 bits per heavy atom. The van der Waals surface area contributed by atoms with Crippen LogP contribution in [0.5, 0.6) is 0 Å². The average Bonchev–Trinajstić information content (AvgIpc) is 3.12. The number of likely N-dealkylation sites (tertiary alicyclic amines) is 1. The smallest absolute Gasteiger partial charge is 0.307 e. The summed E-state index contributed by atoms with van der Waals surface area (Å²) < 4.78 is 0. The molecular weight excluding hydrogens is 302 g/mol. The highest BCUT2D eigenvalue weighted by Crippen LogP contribution is 2.36. The lowest BCUT2D eigenvalue weighted by molar-refractivity contribution is -0.143. The van der Waals surface area contributed by atoms with E-state index in [2.05, 4.69) is 40.1 Å². The fourth-order valence-corrected chi connectivity index (χ4v) is 4.76. The molecular formula is C16H19NO2S2. The van der Waals surface area contributed by atoms with Crippen LogP contribution in [-0.2, 0) is 4.79 Å². The van der Waals surface area contributed by atoms with Crippen LogP contribution in [0.3, 0.4) is 0 Å². The number of nitrogens with zero attached hydrogens (tertiary/aromatic N) is 1. The Morgan fingerprint density at radius 2 is 2.33 bits per heavy atom. The summed E-state index contributed by atoms with van der Waals surface area (Å²) in [7, 11) is 0. The van der Waals surface area contributed by atoms with Crippen molar-refractivity contribution < 1.29 is 9.90 Å². The molecule has 3 rings (SSSR count). The number of aliphatic carboxylic acids is 1. The van der Waals surface area contributed by atoms with Gasteiger partial charge in [0.2, 0.25) is 0 Å². The van der Waals surface area contributed by atoms with Crippen LogP contribution >= 0.6 is 22.7 Å². The Bertz CT molecular complexity index is 606. The molecule has 1 N–H and O–H groups in total. The molecule has 0 saturated carbocycles. The summed E-state index contributed by atoms with van der Waals surface area (Å²) in [6, 6.07) is 4.60. The molecule has 0 amide bonds. The standard InChI is InChI=1S/C16H19NO2S2/c1-11-7-14(21-9-11)15(13-4-6-20-10-13)17-5-2-3-12(8-17)16(18)19/h4,6-7,9-10,12,15H,2-3,5,8H2,1H3,(H,18,19). The molecule has 0 aliphatic carbocycles. The lowest BCUT2D eigenvalue weighted by Gasteiger charge is -2.36. The zero-order valence-electron chi connectivity index (χ0n) is 12.0. The highest BCUT2D eigenvalue weighted by atomic mass is 32.1. The van der Waals surface area contributed by atoms with Gasteiger partial charge < -0.3 is 5.11 Å². The Hall–Kier alpha value is -1.17. The second-order valence-corrected chi connectivity index (χ2v) is 7.38. The Kier molecular flexibility index (Phi) is 4.42. The van der Waals surface area contributed by atoms with Gasteiger partial charge in [0.1, 0.15) is 0 Å². The van der Waals surface area contributed by atoms with Crippen molar-refractivity contribution >= 4 is 28.6 Å². The molecule has 1 fully saturated rings. The molecule has 2 aromatic heterocycles. The predicted octanol–water partition coefficient (Wildman–Crippen LogP) is 4.00. The van der Waals surface area contributed by atoms with Gasteiger partial charge in [0.05, 0.1) is 12.0 Å². The van der Waals surface area contributed by atoms with E-state index < -0.39 is 5.97 Å². The molecule has 2 unspecified atom stereocenters. The lowest BCUT2D eigenvalue weighted by Crippen LogP contribution is -2.41. The molecule has 21 heavy (non-hydrogen) atoms. The number of rotatable bonds is 4. The second-order valence-electron chi connectivity index (χ2n) is 5.66. The number of carbonyl (C=O) groups is 1. The fourth-order valence-electron chi connectivity index (χ4n) is 3.02. The maximum atomic E-state index is 11.3. The molecule has 1 aliphatic rings. The summed E-state index contributed by atoms with van der Waals surface area (Å²) in [6.07, 6.45) is 1.76. The largest absolute Gasteiger partial charge is 0.481 e. The summed E-state index contributed by atoms with van der Waals surface area (Å²) >= 11 is 3.48. The molecule has 0 spiro atoms. The van der Waals surface area contributed by atoms with Gasteiger partial charge in [-0.1, -0.05) is 0 Å². The number of thiophene rings is 2. The Morgan fingerprint density at radius 3 is 2.95 bits per heavy atom. The zero-order chi connectivity index (χ0) is 14.8. The van der Waals surface area contributed by atoms with Crippen LogP contribution in [0.25, 0.3) is 0 Å². The van der Waals surface area contributed by atoms with Crippen LogP contribution in [0.1, 0.15) is 34.9 Å². The van der Waals surface area contributed by atoms with E-state index in [4.69, 9.17) is 0 Å². The van der Waals surface area contributed by atoms with Gasteiger partial charge in [0.15, 0.2) is 0 Å². The second kappa shape index (κ2) is 6.30. The summed E-state index contributed by atoms with van der Waals surface area (Å²) in [5.74, 6) is -0.896. The third-order valence-corrected chi connectivity index (χ3v) is 5.85. The van der Waals surface area contributed by atoms with E-state index in [1.54, 1.807) is 22.7 Å². The van der Waals surface area contributed by atoms with Crippen LogP contribution in [0, 0.1) is 12.8 Å². The normalized spacial score (nSPS) is 21.3. The van der Waals surface area contributed by atoms with Crippen LogP contribution in [-0.4, -0.2) is 29.1 Å². The number of piperidine rings is 1. The quantitative estimate of drug-likeness (QED) is 0.925. The number of carboxylic acids is 1. The number of carboxylic acid groups (broad SMARTS) is 1. The van der Waals surface area contributed by atoms with Crippen molar-refractivity contribution in [2.45, 2.75) is 25.8 Å². The summed E-state index contributed by atoms with van der Waals surface area (Å²) in [5, 5.41) is 15.8. The van der Waals surface area contributed by atoms with Crippen LogP contribution in [0.2, 0.25) is 0 Å². The van der Waals surface area contributed by atoms with Crippen LogP contribution in [0.15, 0.2) is 28.3 Å². The SMILES string of the molecule is Cc1csc(C(c2ccsc2)N2CCCC(C(=O)O)C2)c1. The van der Waals surface area contributed by atoms with Crippen molar-refractivity contribution in [2.75, 3.05) is 13.1 Å². The Balaban J connectivity index is 1.90. The minimum Gasteiger partial charge on any atom is -0.481 e. The first-order valence-electron chi connectivity index (χ1n) is 7.19.